The monoisotopic (exact) mass is 461 g/mol. The molecule has 4 aromatic carbocycles. The van der Waals surface area contributed by atoms with Gasteiger partial charge < -0.3 is 14.6 Å². The quantitative estimate of drug-likeness (QED) is 0.313. The van der Waals surface area contributed by atoms with Gasteiger partial charge >= 0.3 is 0 Å². The Hall–Kier alpha value is -4.71. The van der Waals surface area contributed by atoms with Crippen molar-refractivity contribution in [2.75, 3.05) is 12.4 Å². The predicted octanol–water partition coefficient (Wildman–Crippen LogP) is 6.18. The summed E-state index contributed by atoms with van der Waals surface area (Å²) in [7, 11) is 1.62. The molecular weight excluding hydrogens is 438 g/mol. The zero-order valence-electron chi connectivity index (χ0n) is 19.1. The number of para-hydroxylation sites is 1. The van der Waals surface area contributed by atoms with Crippen LogP contribution in [-0.2, 0) is 4.79 Å². The number of carbonyl (C=O) groups excluding carboxylic acids is 1. The second kappa shape index (κ2) is 10.1. The van der Waals surface area contributed by atoms with Crippen molar-refractivity contribution in [1.82, 2.24) is 10.1 Å². The zero-order valence-corrected chi connectivity index (χ0v) is 19.1. The predicted molar refractivity (Wildman–Crippen MR) is 135 cm³/mol. The first-order valence-electron chi connectivity index (χ1n) is 11.2. The Morgan fingerprint density at radius 3 is 2.03 bits per heavy atom. The third-order valence-electron chi connectivity index (χ3n) is 5.72. The van der Waals surface area contributed by atoms with Crippen LogP contribution in [0.1, 0.15) is 17.0 Å². The highest BCUT2D eigenvalue weighted by Crippen LogP contribution is 2.31. The molecule has 0 spiro atoms. The summed E-state index contributed by atoms with van der Waals surface area (Å²) in [5.74, 6) is 0.905. The van der Waals surface area contributed by atoms with Crippen molar-refractivity contribution < 1.29 is 14.1 Å². The van der Waals surface area contributed by atoms with E-state index in [9.17, 15) is 4.79 Å². The van der Waals surface area contributed by atoms with Crippen molar-refractivity contribution in [1.29, 1.82) is 0 Å². The normalized spacial score (nSPS) is 10.8. The van der Waals surface area contributed by atoms with Gasteiger partial charge in [-0.2, -0.15) is 4.98 Å². The summed E-state index contributed by atoms with van der Waals surface area (Å²) >= 11 is 0. The fourth-order valence-corrected chi connectivity index (χ4v) is 3.96. The van der Waals surface area contributed by atoms with Crippen molar-refractivity contribution >= 4 is 11.6 Å². The van der Waals surface area contributed by atoms with Gasteiger partial charge in [-0.25, -0.2) is 0 Å². The lowest BCUT2D eigenvalue weighted by molar-refractivity contribution is -0.116. The van der Waals surface area contributed by atoms with Gasteiger partial charge in [-0.05, 0) is 47.5 Å². The highest BCUT2D eigenvalue weighted by Gasteiger charge is 2.24. The Kier molecular flexibility index (Phi) is 6.35. The molecule has 0 radical (unpaired) electrons. The van der Waals surface area contributed by atoms with E-state index in [0.29, 0.717) is 23.0 Å². The first-order valence-corrected chi connectivity index (χ1v) is 11.2. The van der Waals surface area contributed by atoms with Crippen molar-refractivity contribution in [2.24, 2.45) is 0 Å². The van der Waals surface area contributed by atoms with Crippen LogP contribution in [0.2, 0.25) is 0 Å². The number of nitrogens with one attached hydrogen (secondary N) is 1. The molecule has 6 heteroatoms. The molecule has 0 aliphatic carbocycles. The molecule has 0 atom stereocenters. The van der Waals surface area contributed by atoms with Gasteiger partial charge in [-0.3, -0.25) is 4.79 Å². The second-order valence-electron chi connectivity index (χ2n) is 7.94. The first kappa shape index (κ1) is 22.1. The number of aromatic nitrogens is 2. The van der Waals surface area contributed by atoms with Crippen molar-refractivity contribution in [3.05, 3.63) is 120 Å². The second-order valence-corrected chi connectivity index (χ2v) is 7.94. The molecule has 0 bridgehead atoms. The molecule has 5 aromatic rings. The Bertz CT molecular complexity index is 1380. The SMILES string of the molecule is COc1ccc(-c2noc(-c3ccccc3NC(=O)C(c3ccccc3)c3ccccc3)n2)cc1. The van der Waals surface area contributed by atoms with Crippen LogP contribution in [0.4, 0.5) is 5.69 Å². The highest BCUT2D eigenvalue weighted by atomic mass is 16.5. The topological polar surface area (TPSA) is 77.3 Å². The molecule has 0 aliphatic heterocycles. The number of ether oxygens (including phenoxy) is 1. The average Bonchev–Trinajstić information content (AvgIpc) is 3.41. The Morgan fingerprint density at radius 1 is 0.800 bits per heavy atom. The highest BCUT2D eigenvalue weighted by molar-refractivity contribution is 6.00. The minimum atomic E-state index is -0.469. The van der Waals surface area contributed by atoms with Gasteiger partial charge in [-0.15, -0.1) is 0 Å². The van der Waals surface area contributed by atoms with E-state index in [1.807, 2.05) is 109 Å². The lowest BCUT2D eigenvalue weighted by Gasteiger charge is -2.18. The largest absolute Gasteiger partial charge is 0.497 e. The number of methoxy groups -OCH3 is 1. The van der Waals surface area contributed by atoms with E-state index in [1.54, 1.807) is 7.11 Å². The molecular formula is C29H23N3O3. The Morgan fingerprint density at radius 2 is 1.40 bits per heavy atom. The molecule has 35 heavy (non-hydrogen) atoms. The van der Waals surface area contributed by atoms with Crippen LogP contribution in [-0.4, -0.2) is 23.2 Å². The lowest BCUT2D eigenvalue weighted by Crippen LogP contribution is -2.22. The van der Waals surface area contributed by atoms with Crippen LogP contribution in [0.25, 0.3) is 22.8 Å². The Labute approximate surface area is 203 Å². The summed E-state index contributed by atoms with van der Waals surface area (Å²) in [6, 6.07) is 34.3. The molecule has 0 saturated carbocycles. The van der Waals surface area contributed by atoms with Crippen molar-refractivity contribution in [3.63, 3.8) is 0 Å². The van der Waals surface area contributed by atoms with E-state index < -0.39 is 5.92 Å². The van der Waals surface area contributed by atoms with Crippen LogP contribution in [0.5, 0.6) is 5.75 Å². The summed E-state index contributed by atoms with van der Waals surface area (Å²) in [6.45, 7) is 0. The van der Waals surface area contributed by atoms with Gasteiger partial charge in [0.2, 0.25) is 11.7 Å². The zero-order chi connectivity index (χ0) is 24.0. The maximum absolute atomic E-state index is 13.6. The molecule has 5 rings (SSSR count). The fourth-order valence-electron chi connectivity index (χ4n) is 3.96. The number of benzene rings is 4. The molecule has 6 nitrogen and oxygen atoms in total. The molecule has 1 heterocycles. The maximum atomic E-state index is 13.6. The molecule has 0 saturated heterocycles. The minimum absolute atomic E-state index is 0.148. The van der Waals surface area contributed by atoms with Crippen molar-refractivity contribution in [2.45, 2.75) is 5.92 Å². The number of nitrogens with zero attached hydrogens (tertiary/aromatic N) is 2. The van der Waals surface area contributed by atoms with Gasteiger partial charge in [0.05, 0.1) is 24.3 Å². The van der Waals surface area contributed by atoms with Crippen LogP contribution < -0.4 is 10.1 Å². The molecule has 172 valence electrons. The van der Waals surface area contributed by atoms with Gasteiger partial charge in [-0.1, -0.05) is 78.0 Å². The number of rotatable bonds is 7. The van der Waals surface area contributed by atoms with Gasteiger partial charge in [0, 0.05) is 5.56 Å². The van der Waals surface area contributed by atoms with Crippen LogP contribution in [0.15, 0.2) is 114 Å². The molecule has 1 amide bonds. The van der Waals surface area contributed by atoms with E-state index in [4.69, 9.17) is 9.26 Å². The number of amides is 1. The van der Waals surface area contributed by atoms with Crippen LogP contribution in [0, 0.1) is 0 Å². The first-order chi connectivity index (χ1) is 17.2. The van der Waals surface area contributed by atoms with E-state index in [2.05, 4.69) is 15.5 Å². The molecule has 1 N–H and O–H groups in total. The van der Waals surface area contributed by atoms with Crippen LogP contribution >= 0.6 is 0 Å². The van der Waals surface area contributed by atoms with E-state index in [-0.39, 0.29) is 5.91 Å². The van der Waals surface area contributed by atoms with Gasteiger partial charge in [0.1, 0.15) is 5.75 Å². The average molecular weight is 462 g/mol. The smallest absolute Gasteiger partial charge is 0.260 e. The summed E-state index contributed by atoms with van der Waals surface area (Å²) < 4.78 is 10.8. The lowest BCUT2D eigenvalue weighted by atomic mass is 9.90. The van der Waals surface area contributed by atoms with Gasteiger partial charge in [0.15, 0.2) is 0 Å². The fraction of sp³-hybridized carbons (Fsp3) is 0.0690. The van der Waals surface area contributed by atoms with Crippen molar-refractivity contribution in [3.8, 4) is 28.6 Å². The number of hydrogen-bond donors (Lipinski definition) is 1. The number of anilines is 1. The molecule has 0 aliphatic rings. The minimum Gasteiger partial charge on any atom is -0.497 e. The van der Waals surface area contributed by atoms with Crippen LogP contribution in [0.3, 0.4) is 0 Å². The van der Waals surface area contributed by atoms with E-state index in [1.165, 1.54) is 0 Å². The maximum Gasteiger partial charge on any atom is 0.260 e. The summed E-state index contributed by atoms with van der Waals surface area (Å²) in [4.78, 5) is 18.2. The Balaban J connectivity index is 1.45. The van der Waals surface area contributed by atoms with Gasteiger partial charge in [0.25, 0.3) is 5.89 Å². The van der Waals surface area contributed by atoms with E-state index in [0.717, 1.165) is 22.4 Å². The standard InChI is InChI=1S/C29H23N3O3/c1-34-23-18-16-22(17-19-23)27-31-29(35-32-27)24-14-8-9-15-25(24)30-28(33)26(20-10-4-2-5-11-20)21-12-6-3-7-13-21/h2-19,26H,1H3,(H,30,33). The summed E-state index contributed by atoms with van der Waals surface area (Å²) in [6.07, 6.45) is 0. The molecule has 0 unspecified atom stereocenters. The third-order valence-corrected chi connectivity index (χ3v) is 5.72. The number of hydrogen-bond acceptors (Lipinski definition) is 5. The molecule has 1 aromatic heterocycles. The number of carbonyl (C=O) groups is 1. The molecule has 0 fully saturated rings. The summed E-state index contributed by atoms with van der Waals surface area (Å²) in [5.41, 5.74) is 3.87. The third kappa shape index (κ3) is 4.82. The summed E-state index contributed by atoms with van der Waals surface area (Å²) in [5, 5.41) is 7.22. The van der Waals surface area contributed by atoms with E-state index >= 15 is 0 Å².